The normalized spacial score (nSPS) is 10.3. The molecule has 0 amide bonds. The fourth-order valence-electron chi connectivity index (χ4n) is 2.01. The Morgan fingerprint density at radius 3 is 2.30 bits per heavy atom. The van der Waals surface area contributed by atoms with Crippen LogP contribution in [0, 0.1) is 13.8 Å². The van der Waals surface area contributed by atoms with Gasteiger partial charge in [0.1, 0.15) is 5.75 Å². The highest BCUT2D eigenvalue weighted by Crippen LogP contribution is 2.25. The zero-order valence-electron chi connectivity index (χ0n) is 13.2. The number of halogens is 1. The van der Waals surface area contributed by atoms with E-state index >= 15 is 0 Å². The first-order valence-electron chi connectivity index (χ1n) is 7.03. The van der Waals surface area contributed by atoms with Crippen molar-refractivity contribution in [2.75, 3.05) is 13.7 Å². The first kappa shape index (κ1) is 17.2. The van der Waals surface area contributed by atoms with E-state index in [1.165, 1.54) is 0 Å². The number of benzene rings is 2. The van der Waals surface area contributed by atoms with Gasteiger partial charge in [-0.25, -0.2) is 4.79 Å². The molecule has 0 heterocycles. The second-order valence-electron chi connectivity index (χ2n) is 5.15. The fraction of sp³-hybridized carbons (Fsp3) is 0.222. The molecule has 0 aliphatic rings. The number of Topliss-reactive ketones (excluding diaryl/α,β-unsaturated/α-hetero) is 1. The van der Waals surface area contributed by atoms with Crippen LogP contribution in [0.4, 0.5) is 0 Å². The Morgan fingerprint density at radius 2 is 1.70 bits per heavy atom. The minimum atomic E-state index is -0.550. The van der Waals surface area contributed by atoms with Crippen molar-refractivity contribution in [3.8, 4) is 5.75 Å². The van der Waals surface area contributed by atoms with E-state index in [-0.39, 0.29) is 12.4 Å². The second kappa shape index (κ2) is 7.42. The van der Waals surface area contributed by atoms with Gasteiger partial charge in [0.05, 0.1) is 17.1 Å². The highest BCUT2D eigenvalue weighted by molar-refractivity contribution is 9.10. The molecule has 0 atom stereocenters. The van der Waals surface area contributed by atoms with Gasteiger partial charge >= 0.3 is 5.97 Å². The summed E-state index contributed by atoms with van der Waals surface area (Å²) < 4.78 is 10.8. The van der Waals surface area contributed by atoms with Crippen LogP contribution >= 0.6 is 15.9 Å². The van der Waals surface area contributed by atoms with Crippen LogP contribution in [0.1, 0.15) is 31.8 Å². The predicted molar refractivity (Wildman–Crippen MR) is 91.2 cm³/mol. The van der Waals surface area contributed by atoms with Crippen LogP contribution in [0.25, 0.3) is 0 Å². The summed E-state index contributed by atoms with van der Waals surface area (Å²) in [7, 11) is 1.54. The lowest BCUT2D eigenvalue weighted by molar-refractivity contribution is 0.0474. The van der Waals surface area contributed by atoms with E-state index in [0.717, 1.165) is 11.1 Å². The van der Waals surface area contributed by atoms with Crippen LogP contribution in [0.3, 0.4) is 0 Å². The lowest BCUT2D eigenvalue weighted by Gasteiger charge is -2.08. The molecule has 0 fully saturated rings. The van der Waals surface area contributed by atoms with Gasteiger partial charge in [0, 0.05) is 5.56 Å². The van der Waals surface area contributed by atoms with Gasteiger partial charge in [-0.2, -0.15) is 0 Å². The molecule has 0 aromatic heterocycles. The van der Waals surface area contributed by atoms with Gasteiger partial charge in [-0.1, -0.05) is 12.1 Å². The zero-order chi connectivity index (χ0) is 17.0. The second-order valence-corrected chi connectivity index (χ2v) is 6.00. The summed E-state index contributed by atoms with van der Waals surface area (Å²) in [5.41, 5.74) is 3.03. The largest absolute Gasteiger partial charge is 0.496 e. The van der Waals surface area contributed by atoms with Crippen molar-refractivity contribution < 1.29 is 19.1 Å². The Kier molecular flexibility index (Phi) is 5.55. The first-order valence-corrected chi connectivity index (χ1v) is 7.83. The smallest absolute Gasteiger partial charge is 0.338 e. The Bertz CT molecular complexity index is 753. The summed E-state index contributed by atoms with van der Waals surface area (Å²) in [6.07, 6.45) is 0. The van der Waals surface area contributed by atoms with Gasteiger partial charge in [-0.15, -0.1) is 0 Å². The number of hydrogen-bond donors (Lipinski definition) is 0. The van der Waals surface area contributed by atoms with Crippen molar-refractivity contribution in [1.29, 1.82) is 0 Å². The van der Waals surface area contributed by atoms with Crippen molar-refractivity contribution in [2.24, 2.45) is 0 Å². The molecule has 0 unspecified atom stereocenters. The summed E-state index contributed by atoms with van der Waals surface area (Å²) in [5.74, 6) is -0.160. The summed E-state index contributed by atoms with van der Waals surface area (Å²) in [6, 6.07) is 10.3. The molecule has 5 heteroatoms. The Balaban J connectivity index is 2.02. The Morgan fingerprint density at radius 1 is 1.00 bits per heavy atom. The summed E-state index contributed by atoms with van der Waals surface area (Å²) >= 11 is 3.31. The quantitative estimate of drug-likeness (QED) is 0.581. The number of carbonyl (C=O) groups is 2. The Hall–Kier alpha value is -2.14. The molecule has 0 bridgehead atoms. The van der Waals surface area contributed by atoms with E-state index in [4.69, 9.17) is 9.47 Å². The molecule has 0 aliphatic heterocycles. The molecule has 0 aliphatic carbocycles. The SMILES string of the molecule is COc1ccc(C(=O)OCC(=O)c2ccc(C)c(C)c2)cc1Br. The van der Waals surface area contributed by atoms with Crippen LogP contribution in [-0.4, -0.2) is 25.5 Å². The number of aryl methyl sites for hydroxylation is 2. The maximum absolute atomic E-state index is 12.1. The van der Waals surface area contributed by atoms with E-state index in [1.54, 1.807) is 37.4 Å². The standard InChI is InChI=1S/C18H17BrO4/c1-11-4-5-13(8-12(11)2)16(20)10-23-18(21)14-6-7-17(22-3)15(19)9-14/h4-9H,10H2,1-3H3. The van der Waals surface area contributed by atoms with Gasteiger partial charge in [0.15, 0.2) is 12.4 Å². The van der Waals surface area contributed by atoms with Crippen LogP contribution in [0.15, 0.2) is 40.9 Å². The fourth-order valence-corrected chi connectivity index (χ4v) is 2.55. The number of rotatable bonds is 5. The minimum Gasteiger partial charge on any atom is -0.496 e. The molecule has 0 N–H and O–H groups in total. The van der Waals surface area contributed by atoms with Crippen molar-refractivity contribution >= 4 is 27.7 Å². The number of esters is 1. The molecular formula is C18H17BrO4. The van der Waals surface area contributed by atoms with Crippen LogP contribution < -0.4 is 4.74 Å². The van der Waals surface area contributed by atoms with Crippen molar-refractivity contribution in [2.45, 2.75) is 13.8 Å². The average molecular weight is 377 g/mol. The summed E-state index contributed by atoms with van der Waals surface area (Å²) in [5, 5.41) is 0. The molecule has 0 radical (unpaired) electrons. The molecule has 120 valence electrons. The van der Waals surface area contributed by atoms with Gasteiger partial charge in [0.25, 0.3) is 0 Å². The van der Waals surface area contributed by atoms with Crippen LogP contribution in [-0.2, 0) is 4.74 Å². The third kappa shape index (κ3) is 4.20. The van der Waals surface area contributed by atoms with Crippen LogP contribution in [0.5, 0.6) is 5.75 Å². The lowest BCUT2D eigenvalue weighted by Crippen LogP contribution is -2.14. The van der Waals surface area contributed by atoms with Gasteiger partial charge < -0.3 is 9.47 Å². The number of ketones is 1. The van der Waals surface area contributed by atoms with E-state index in [9.17, 15) is 9.59 Å². The third-order valence-corrected chi connectivity index (χ3v) is 4.17. The van der Waals surface area contributed by atoms with Gasteiger partial charge in [0.2, 0.25) is 0 Å². The average Bonchev–Trinajstić information content (AvgIpc) is 2.54. The van der Waals surface area contributed by atoms with Crippen LogP contribution in [0.2, 0.25) is 0 Å². The zero-order valence-corrected chi connectivity index (χ0v) is 14.8. The highest BCUT2D eigenvalue weighted by Gasteiger charge is 2.14. The first-order chi connectivity index (χ1) is 10.9. The molecular weight excluding hydrogens is 360 g/mol. The van der Waals surface area contributed by atoms with Crippen molar-refractivity contribution in [3.63, 3.8) is 0 Å². The summed E-state index contributed by atoms with van der Waals surface area (Å²) in [4.78, 5) is 24.1. The van der Waals surface area contributed by atoms with Crippen molar-refractivity contribution in [1.82, 2.24) is 0 Å². The topological polar surface area (TPSA) is 52.6 Å². The van der Waals surface area contributed by atoms with Gasteiger partial charge in [-0.05, 0) is 65.2 Å². The molecule has 0 saturated heterocycles. The number of carbonyl (C=O) groups excluding carboxylic acids is 2. The molecule has 2 aromatic carbocycles. The number of hydrogen-bond acceptors (Lipinski definition) is 4. The van der Waals surface area contributed by atoms with Gasteiger partial charge in [-0.3, -0.25) is 4.79 Å². The van der Waals surface area contributed by atoms with E-state index in [0.29, 0.717) is 21.3 Å². The molecule has 4 nitrogen and oxygen atoms in total. The maximum Gasteiger partial charge on any atom is 0.338 e. The number of ether oxygens (including phenoxy) is 2. The molecule has 2 rings (SSSR count). The minimum absolute atomic E-state index is 0.228. The van der Waals surface area contributed by atoms with E-state index < -0.39 is 5.97 Å². The number of methoxy groups -OCH3 is 1. The third-order valence-electron chi connectivity index (χ3n) is 3.55. The molecule has 0 saturated carbocycles. The highest BCUT2D eigenvalue weighted by atomic mass is 79.9. The Labute approximate surface area is 143 Å². The van der Waals surface area contributed by atoms with Crippen molar-refractivity contribution in [3.05, 3.63) is 63.1 Å². The monoisotopic (exact) mass is 376 g/mol. The summed E-state index contributed by atoms with van der Waals surface area (Å²) in [6.45, 7) is 3.63. The molecule has 23 heavy (non-hydrogen) atoms. The maximum atomic E-state index is 12.1. The predicted octanol–water partition coefficient (Wildman–Crippen LogP) is 4.11. The van der Waals surface area contributed by atoms with E-state index in [1.807, 2.05) is 19.9 Å². The lowest BCUT2D eigenvalue weighted by atomic mass is 10.0. The molecule has 2 aromatic rings. The van der Waals surface area contributed by atoms with E-state index in [2.05, 4.69) is 15.9 Å². The molecule has 0 spiro atoms.